The SMILES string of the molecule is c1ccc(-c2ccc(N(c3ccc(-c4cc5oc(-c6ccccc6)nc5c5c4oc4ccccc45)cc3)c3ccc4c5ccccc5n(-c5ccccc5)c4c3)cc2)cc1. The van der Waals surface area contributed by atoms with Crippen molar-refractivity contribution in [1.29, 1.82) is 0 Å². The van der Waals surface area contributed by atoms with Gasteiger partial charge in [-0.05, 0) is 95.6 Å². The Kier molecular flexibility index (Phi) is 7.78. The van der Waals surface area contributed by atoms with Crippen LogP contribution in [0.4, 0.5) is 17.1 Å². The maximum Gasteiger partial charge on any atom is 0.227 e. The van der Waals surface area contributed by atoms with Crippen LogP contribution in [0.15, 0.2) is 221 Å². The van der Waals surface area contributed by atoms with Gasteiger partial charge in [0.05, 0.1) is 16.4 Å². The molecule has 0 aliphatic carbocycles. The van der Waals surface area contributed by atoms with Crippen molar-refractivity contribution in [2.24, 2.45) is 0 Å². The summed E-state index contributed by atoms with van der Waals surface area (Å²) in [6, 6.07) is 74.5. The van der Waals surface area contributed by atoms with E-state index < -0.39 is 0 Å². The van der Waals surface area contributed by atoms with E-state index in [0.29, 0.717) is 11.5 Å². The van der Waals surface area contributed by atoms with E-state index in [2.05, 4.69) is 173 Å². The van der Waals surface area contributed by atoms with Gasteiger partial charge < -0.3 is 18.3 Å². The second-order valence-electron chi connectivity index (χ2n) is 15.1. The van der Waals surface area contributed by atoms with E-state index in [1.807, 2.05) is 48.5 Å². The zero-order chi connectivity index (χ0) is 39.6. The highest BCUT2D eigenvalue weighted by atomic mass is 16.4. The molecule has 12 rings (SSSR count). The first-order valence-electron chi connectivity index (χ1n) is 20.2. The molecule has 0 unspecified atom stereocenters. The summed E-state index contributed by atoms with van der Waals surface area (Å²) in [7, 11) is 0. The summed E-state index contributed by atoms with van der Waals surface area (Å²) in [4.78, 5) is 7.36. The topological polar surface area (TPSA) is 47.3 Å². The first-order valence-corrected chi connectivity index (χ1v) is 20.2. The molecule has 0 bridgehead atoms. The Morgan fingerprint density at radius 1 is 0.400 bits per heavy atom. The van der Waals surface area contributed by atoms with Gasteiger partial charge in [0.2, 0.25) is 5.89 Å². The maximum absolute atomic E-state index is 6.64. The van der Waals surface area contributed by atoms with E-state index >= 15 is 0 Å². The largest absolute Gasteiger partial charge is 0.455 e. The highest BCUT2D eigenvalue weighted by molar-refractivity contribution is 6.20. The van der Waals surface area contributed by atoms with Gasteiger partial charge in [0.25, 0.3) is 0 Å². The van der Waals surface area contributed by atoms with Crippen LogP contribution in [0.3, 0.4) is 0 Å². The van der Waals surface area contributed by atoms with Crippen LogP contribution in [0.5, 0.6) is 0 Å². The van der Waals surface area contributed by atoms with Crippen LogP contribution < -0.4 is 4.90 Å². The van der Waals surface area contributed by atoms with Gasteiger partial charge in [0.15, 0.2) is 5.58 Å². The third-order valence-electron chi connectivity index (χ3n) is 11.6. The maximum atomic E-state index is 6.64. The molecule has 9 aromatic carbocycles. The monoisotopic (exact) mass is 769 g/mol. The lowest BCUT2D eigenvalue weighted by atomic mass is 10.0. The van der Waals surface area contributed by atoms with E-state index in [1.54, 1.807) is 0 Å². The second kappa shape index (κ2) is 13.8. The number of fused-ring (bicyclic) bond motifs is 8. The number of hydrogen-bond acceptors (Lipinski definition) is 4. The second-order valence-corrected chi connectivity index (χ2v) is 15.1. The van der Waals surface area contributed by atoms with Crippen molar-refractivity contribution in [3.05, 3.63) is 212 Å². The number of para-hydroxylation sites is 3. The van der Waals surface area contributed by atoms with Crippen LogP contribution in [0, 0.1) is 0 Å². The fraction of sp³-hybridized carbons (Fsp3) is 0. The summed E-state index contributed by atoms with van der Waals surface area (Å²) in [6.45, 7) is 0. The molecule has 3 aromatic heterocycles. The third-order valence-corrected chi connectivity index (χ3v) is 11.6. The molecule has 0 N–H and O–H groups in total. The molecule has 5 nitrogen and oxygen atoms in total. The Labute approximate surface area is 345 Å². The van der Waals surface area contributed by atoms with Crippen LogP contribution in [-0.2, 0) is 0 Å². The number of furan rings is 1. The molecule has 0 atom stereocenters. The third kappa shape index (κ3) is 5.52. The molecule has 3 heterocycles. The summed E-state index contributed by atoms with van der Waals surface area (Å²) >= 11 is 0. The number of hydrogen-bond donors (Lipinski definition) is 0. The fourth-order valence-electron chi connectivity index (χ4n) is 8.82. The highest BCUT2D eigenvalue weighted by Crippen LogP contribution is 2.44. The van der Waals surface area contributed by atoms with Gasteiger partial charge in [0.1, 0.15) is 16.7 Å². The van der Waals surface area contributed by atoms with Gasteiger partial charge >= 0.3 is 0 Å². The van der Waals surface area contributed by atoms with Crippen LogP contribution in [0.1, 0.15) is 0 Å². The van der Waals surface area contributed by atoms with Crippen molar-refractivity contribution >= 4 is 71.9 Å². The first-order chi connectivity index (χ1) is 29.7. The number of aromatic nitrogens is 2. The van der Waals surface area contributed by atoms with Crippen LogP contribution in [0.2, 0.25) is 0 Å². The molecule has 0 saturated carbocycles. The van der Waals surface area contributed by atoms with E-state index in [4.69, 9.17) is 13.8 Å². The van der Waals surface area contributed by atoms with E-state index in [9.17, 15) is 0 Å². The molecule has 0 saturated heterocycles. The summed E-state index contributed by atoms with van der Waals surface area (Å²) in [5, 5.41) is 4.40. The minimum Gasteiger partial charge on any atom is -0.455 e. The van der Waals surface area contributed by atoms with E-state index in [-0.39, 0.29) is 0 Å². The standard InChI is InChI=1S/C55H35N3O2/c1-4-14-36(15-5-1)37-24-28-41(29-25-37)57(43-32-33-45-44-20-10-12-22-48(44)58(49(45)34-43)40-18-8-3-9-19-40)42-30-26-38(27-31-42)47-35-51-53(56-55(60-51)39-16-6-2-7-17-39)52-46-21-11-13-23-50(46)59-54(47)52/h1-35H. The fourth-order valence-corrected chi connectivity index (χ4v) is 8.82. The lowest BCUT2D eigenvalue weighted by Gasteiger charge is -2.26. The minimum atomic E-state index is 0.585. The van der Waals surface area contributed by atoms with Gasteiger partial charge in [0, 0.05) is 50.0 Å². The Morgan fingerprint density at radius 3 is 1.70 bits per heavy atom. The molecular weight excluding hydrogens is 735 g/mol. The zero-order valence-electron chi connectivity index (χ0n) is 32.4. The van der Waals surface area contributed by atoms with Crippen molar-refractivity contribution in [2.45, 2.75) is 0 Å². The predicted molar refractivity (Wildman–Crippen MR) is 247 cm³/mol. The first kappa shape index (κ1) is 33.9. The van der Waals surface area contributed by atoms with Gasteiger partial charge in [-0.15, -0.1) is 0 Å². The van der Waals surface area contributed by atoms with E-state index in [1.165, 1.54) is 27.4 Å². The van der Waals surface area contributed by atoms with Crippen molar-refractivity contribution in [2.75, 3.05) is 4.90 Å². The van der Waals surface area contributed by atoms with Crippen molar-refractivity contribution < 1.29 is 8.83 Å². The molecule has 5 heteroatoms. The lowest BCUT2D eigenvalue weighted by molar-refractivity contribution is 0.619. The Balaban J connectivity index is 1.03. The average molecular weight is 770 g/mol. The average Bonchev–Trinajstić information content (AvgIpc) is 4.02. The summed E-state index contributed by atoms with van der Waals surface area (Å²) in [5.41, 5.74) is 14.9. The van der Waals surface area contributed by atoms with Gasteiger partial charge in [-0.1, -0.05) is 133 Å². The Hall–Kier alpha value is -8.15. The van der Waals surface area contributed by atoms with Crippen LogP contribution in [-0.4, -0.2) is 9.55 Å². The molecular formula is C55H35N3O2. The van der Waals surface area contributed by atoms with Crippen molar-refractivity contribution in [1.82, 2.24) is 9.55 Å². The molecule has 12 aromatic rings. The number of nitrogens with zero attached hydrogens (tertiary/aromatic N) is 3. The van der Waals surface area contributed by atoms with Gasteiger partial charge in [-0.25, -0.2) is 4.98 Å². The van der Waals surface area contributed by atoms with Crippen LogP contribution >= 0.6 is 0 Å². The minimum absolute atomic E-state index is 0.585. The molecule has 282 valence electrons. The smallest absolute Gasteiger partial charge is 0.227 e. The molecule has 0 radical (unpaired) electrons. The van der Waals surface area contributed by atoms with Gasteiger partial charge in [-0.2, -0.15) is 0 Å². The lowest BCUT2D eigenvalue weighted by Crippen LogP contribution is -2.10. The summed E-state index contributed by atoms with van der Waals surface area (Å²) in [6.07, 6.45) is 0. The Bertz CT molecular complexity index is 3510. The van der Waals surface area contributed by atoms with Crippen LogP contribution in [0.25, 0.3) is 94.2 Å². The summed E-state index contributed by atoms with van der Waals surface area (Å²) < 4.78 is 15.5. The molecule has 0 amide bonds. The summed E-state index contributed by atoms with van der Waals surface area (Å²) in [5.74, 6) is 0.585. The Morgan fingerprint density at radius 2 is 0.967 bits per heavy atom. The quantitative estimate of drug-likeness (QED) is 0.162. The van der Waals surface area contributed by atoms with E-state index in [0.717, 1.165) is 72.4 Å². The zero-order valence-corrected chi connectivity index (χ0v) is 32.4. The molecule has 0 aliphatic rings. The number of benzene rings is 9. The van der Waals surface area contributed by atoms with Gasteiger partial charge in [-0.3, -0.25) is 0 Å². The number of oxazole rings is 1. The predicted octanol–water partition coefficient (Wildman–Crippen LogP) is 15.3. The van der Waals surface area contributed by atoms with Crippen molar-refractivity contribution in [3.63, 3.8) is 0 Å². The molecule has 0 fully saturated rings. The molecule has 0 spiro atoms. The highest BCUT2D eigenvalue weighted by Gasteiger charge is 2.22. The molecule has 60 heavy (non-hydrogen) atoms. The number of rotatable bonds is 7. The number of anilines is 3. The molecule has 0 aliphatic heterocycles. The van der Waals surface area contributed by atoms with Crippen molar-refractivity contribution in [3.8, 4) is 39.4 Å². The normalized spacial score (nSPS) is 11.7.